The number of benzene rings is 1. The number of amides is 1. The number of halogens is 1. The number of rotatable bonds is 5. The van der Waals surface area contributed by atoms with E-state index < -0.39 is 4.92 Å². The summed E-state index contributed by atoms with van der Waals surface area (Å²) in [6, 6.07) is 6.45. The van der Waals surface area contributed by atoms with Gasteiger partial charge in [-0.2, -0.15) is 0 Å². The molecule has 0 spiro atoms. The van der Waals surface area contributed by atoms with Gasteiger partial charge in [0.25, 0.3) is 11.6 Å². The third-order valence-electron chi connectivity index (χ3n) is 3.93. The van der Waals surface area contributed by atoms with E-state index in [1.165, 1.54) is 12.1 Å². The van der Waals surface area contributed by atoms with Gasteiger partial charge in [-0.3, -0.25) is 14.9 Å². The summed E-state index contributed by atoms with van der Waals surface area (Å²) in [6.45, 7) is 2.14. The average molecular weight is 410 g/mol. The number of nitro benzene ring substituents is 1. The number of nitrogens with one attached hydrogen (secondary N) is 1. The van der Waals surface area contributed by atoms with Crippen LogP contribution in [0.4, 0.5) is 11.4 Å². The Kier molecular flexibility index (Phi) is 5.15. The van der Waals surface area contributed by atoms with Crippen molar-refractivity contribution in [3.8, 4) is 0 Å². The molecule has 3 rings (SSSR count). The van der Waals surface area contributed by atoms with Crippen molar-refractivity contribution < 1.29 is 9.72 Å². The first-order chi connectivity index (χ1) is 11.5. The Hall–Kier alpha value is -1.93. The summed E-state index contributed by atoms with van der Waals surface area (Å²) in [4.78, 5) is 26.3. The zero-order valence-electron chi connectivity index (χ0n) is 12.8. The third kappa shape index (κ3) is 3.76. The van der Waals surface area contributed by atoms with Gasteiger partial charge in [-0.1, -0.05) is 0 Å². The molecule has 1 aromatic heterocycles. The van der Waals surface area contributed by atoms with Gasteiger partial charge < -0.3 is 10.2 Å². The lowest BCUT2D eigenvalue weighted by atomic mass is 10.1. The highest BCUT2D eigenvalue weighted by Crippen LogP contribution is 2.28. The maximum atomic E-state index is 12.6. The Bertz CT molecular complexity index is 772. The van der Waals surface area contributed by atoms with E-state index in [1.54, 1.807) is 17.4 Å². The van der Waals surface area contributed by atoms with Crippen LogP contribution in [0, 0.1) is 10.1 Å². The van der Waals surface area contributed by atoms with Crippen LogP contribution in [-0.4, -0.2) is 23.9 Å². The summed E-state index contributed by atoms with van der Waals surface area (Å²) in [5.41, 5.74) is 1.06. The number of nitrogens with zero attached hydrogens (tertiary/aromatic N) is 2. The van der Waals surface area contributed by atoms with E-state index in [0.29, 0.717) is 12.1 Å². The second kappa shape index (κ2) is 7.31. The van der Waals surface area contributed by atoms with Gasteiger partial charge >= 0.3 is 0 Å². The molecule has 0 bridgehead atoms. The molecule has 1 aliphatic rings. The van der Waals surface area contributed by atoms with Crippen molar-refractivity contribution in [3.63, 3.8) is 0 Å². The first-order valence-corrected chi connectivity index (χ1v) is 9.26. The third-order valence-corrected chi connectivity index (χ3v) is 5.62. The van der Waals surface area contributed by atoms with E-state index in [2.05, 4.69) is 26.1 Å². The summed E-state index contributed by atoms with van der Waals surface area (Å²) >= 11 is 4.93. The van der Waals surface area contributed by atoms with Crippen LogP contribution < -0.4 is 10.2 Å². The van der Waals surface area contributed by atoms with Crippen LogP contribution in [0.5, 0.6) is 0 Å². The molecule has 2 heterocycles. The quantitative estimate of drug-likeness (QED) is 0.598. The van der Waals surface area contributed by atoms with Gasteiger partial charge in [-0.05, 0) is 40.9 Å². The van der Waals surface area contributed by atoms with Gasteiger partial charge in [0, 0.05) is 40.0 Å². The molecule has 0 saturated carbocycles. The fourth-order valence-corrected chi connectivity index (χ4v) is 4.15. The summed E-state index contributed by atoms with van der Waals surface area (Å²) in [6.07, 6.45) is 2.14. The molecule has 0 unspecified atom stereocenters. The lowest BCUT2D eigenvalue weighted by Gasteiger charge is -2.20. The normalized spacial score (nSPS) is 14.0. The second-order valence-electron chi connectivity index (χ2n) is 5.57. The van der Waals surface area contributed by atoms with Crippen LogP contribution in [0.2, 0.25) is 0 Å². The van der Waals surface area contributed by atoms with E-state index in [1.807, 2.05) is 11.4 Å². The number of anilines is 1. The molecule has 0 atom stereocenters. The van der Waals surface area contributed by atoms with E-state index in [0.717, 1.165) is 41.0 Å². The topological polar surface area (TPSA) is 75.5 Å². The van der Waals surface area contributed by atoms with E-state index >= 15 is 0 Å². The van der Waals surface area contributed by atoms with Crippen LogP contribution in [0.1, 0.15) is 28.1 Å². The number of non-ortho nitro benzene ring substituents is 1. The van der Waals surface area contributed by atoms with Crippen LogP contribution in [0.25, 0.3) is 0 Å². The largest absolute Gasteiger partial charge is 0.371 e. The molecule has 24 heavy (non-hydrogen) atoms. The van der Waals surface area contributed by atoms with Crippen molar-refractivity contribution in [2.45, 2.75) is 19.4 Å². The Balaban J connectivity index is 1.83. The molecule has 0 aliphatic carbocycles. The van der Waals surface area contributed by atoms with Gasteiger partial charge in [-0.15, -0.1) is 11.3 Å². The van der Waals surface area contributed by atoms with Gasteiger partial charge in [0.2, 0.25) is 0 Å². The standard InChI is InChI=1S/C16H16BrN3O3S/c17-11-7-13(24-10-11)9-18-16(21)14-8-12(20(22)23)3-4-15(14)19-5-1-2-6-19/h3-4,7-8,10H,1-2,5-6,9H2,(H,18,21). The van der Waals surface area contributed by atoms with Crippen molar-refractivity contribution >= 4 is 44.5 Å². The minimum Gasteiger partial charge on any atom is -0.371 e. The fraction of sp³-hybridized carbons (Fsp3) is 0.312. The number of hydrogen-bond acceptors (Lipinski definition) is 5. The monoisotopic (exact) mass is 409 g/mol. The Morgan fingerprint density at radius 3 is 2.71 bits per heavy atom. The van der Waals surface area contributed by atoms with Crippen LogP contribution in [-0.2, 0) is 6.54 Å². The van der Waals surface area contributed by atoms with Gasteiger partial charge in [-0.25, -0.2) is 0 Å². The first-order valence-electron chi connectivity index (χ1n) is 7.59. The molecule has 0 radical (unpaired) electrons. The number of nitro groups is 1. The molecule has 6 nitrogen and oxygen atoms in total. The molecule has 2 aromatic rings. The van der Waals surface area contributed by atoms with Crippen molar-refractivity contribution in [1.29, 1.82) is 0 Å². The molecule has 1 saturated heterocycles. The molecule has 1 aromatic carbocycles. The van der Waals surface area contributed by atoms with Crippen LogP contribution >= 0.6 is 27.3 Å². The smallest absolute Gasteiger partial charge is 0.270 e. The maximum absolute atomic E-state index is 12.6. The Morgan fingerprint density at radius 2 is 2.08 bits per heavy atom. The highest BCUT2D eigenvalue weighted by Gasteiger charge is 2.22. The van der Waals surface area contributed by atoms with Gasteiger partial charge in [0.05, 0.1) is 22.7 Å². The van der Waals surface area contributed by atoms with E-state index in [9.17, 15) is 14.9 Å². The van der Waals surface area contributed by atoms with Crippen LogP contribution in [0.3, 0.4) is 0 Å². The van der Waals surface area contributed by atoms with E-state index in [4.69, 9.17) is 0 Å². The highest BCUT2D eigenvalue weighted by molar-refractivity contribution is 9.10. The second-order valence-corrected chi connectivity index (χ2v) is 7.48. The summed E-state index contributed by atoms with van der Waals surface area (Å²) in [5, 5.41) is 15.9. The zero-order valence-corrected chi connectivity index (χ0v) is 15.2. The molecule has 1 N–H and O–H groups in total. The number of hydrogen-bond donors (Lipinski definition) is 1. The Labute approximate surface area is 151 Å². The zero-order chi connectivity index (χ0) is 17.1. The van der Waals surface area contributed by atoms with E-state index in [-0.39, 0.29) is 11.6 Å². The molecular formula is C16H16BrN3O3S. The van der Waals surface area contributed by atoms with Crippen molar-refractivity contribution in [1.82, 2.24) is 5.32 Å². The summed E-state index contributed by atoms with van der Waals surface area (Å²) in [7, 11) is 0. The minimum atomic E-state index is -0.471. The molecule has 1 amide bonds. The van der Waals surface area contributed by atoms with Gasteiger partial charge in [0.15, 0.2) is 0 Å². The number of carbonyl (C=O) groups is 1. The number of thiophene rings is 1. The Morgan fingerprint density at radius 1 is 1.33 bits per heavy atom. The van der Waals surface area contributed by atoms with Crippen molar-refractivity contribution in [2.24, 2.45) is 0 Å². The molecular weight excluding hydrogens is 394 g/mol. The predicted molar refractivity (Wildman–Crippen MR) is 97.7 cm³/mol. The molecule has 8 heteroatoms. The van der Waals surface area contributed by atoms with Crippen molar-refractivity contribution in [3.05, 3.63) is 54.7 Å². The fourth-order valence-electron chi connectivity index (χ4n) is 2.76. The SMILES string of the molecule is O=C(NCc1cc(Br)cs1)c1cc([N+](=O)[O-])ccc1N1CCCC1. The van der Waals surface area contributed by atoms with Crippen LogP contribution in [0.15, 0.2) is 34.1 Å². The number of carbonyl (C=O) groups excluding carboxylic acids is 1. The predicted octanol–water partition coefficient (Wildman–Crippen LogP) is 3.95. The van der Waals surface area contributed by atoms with Gasteiger partial charge in [0.1, 0.15) is 0 Å². The van der Waals surface area contributed by atoms with Crippen molar-refractivity contribution in [2.75, 3.05) is 18.0 Å². The lowest BCUT2D eigenvalue weighted by molar-refractivity contribution is -0.384. The maximum Gasteiger partial charge on any atom is 0.270 e. The lowest BCUT2D eigenvalue weighted by Crippen LogP contribution is -2.27. The molecule has 1 fully saturated rings. The summed E-state index contributed by atoms with van der Waals surface area (Å²) in [5.74, 6) is -0.287. The average Bonchev–Trinajstić information content (AvgIpc) is 3.23. The molecule has 1 aliphatic heterocycles. The minimum absolute atomic E-state index is 0.0676. The molecule has 126 valence electrons. The summed E-state index contributed by atoms with van der Waals surface area (Å²) < 4.78 is 0.977. The first kappa shape index (κ1) is 16.9. The highest BCUT2D eigenvalue weighted by atomic mass is 79.9.